The third-order valence-corrected chi connectivity index (χ3v) is 14.0. The fourth-order valence-corrected chi connectivity index (χ4v) is 9.84. The van der Waals surface area contributed by atoms with Gasteiger partial charge in [-0.15, -0.1) is 0 Å². The average Bonchev–Trinajstić information content (AvgIpc) is 3.69. The zero-order chi connectivity index (χ0) is 57.3. The highest BCUT2D eigenvalue weighted by molar-refractivity contribution is 6.33. The minimum atomic E-state index is -0.328. The van der Waals surface area contributed by atoms with Crippen molar-refractivity contribution in [2.45, 2.75) is 67.7 Å². The van der Waals surface area contributed by atoms with Crippen LogP contribution in [0.1, 0.15) is 38.8 Å². The Morgan fingerprint density at radius 3 is 1.07 bits per heavy atom. The molecule has 0 radical (unpaired) electrons. The Hall–Kier alpha value is -9.53. The topological polar surface area (TPSA) is 140 Å². The maximum atomic E-state index is 13.3. The standard InChI is InChI=1S/C17H15FN2O.C17H16N2O.C16H13ClN2O.C16H13FN2O/c1-3-20-15-7-5-4-6-14(15)19-16(17(20)21)13-9-8-12(18)10-11(13)2;1-3-19-15-7-5-4-6-14(15)18-16(17(19)20)13-10-8-12(2)9-11-13;1-2-19-14-10-6-5-9-13(14)18-15(16(19)20)11-7-3-4-8-12(11)17;1-2-19-14-6-4-3-5-13(14)18-15(16(19)20)11-7-9-12(17)10-8-11/h4-10H,3H2,1-2H3;4-11H,3H2,1-2H3;2*3-10H,2H2,1H3. The number of rotatable bonds is 8. The smallest absolute Gasteiger partial charge is 0.277 e. The van der Waals surface area contributed by atoms with E-state index in [1.165, 1.54) is 29.8 Å². The summed E-state index contributed by atoms with van der Waals surface area (Å²) in [7, 11) is 0. The van der Waals surface area contributed by atoms with Crippen molar-refractivity contribution in [3.05, 3.63) is 257 Å². The molecule has 4 aromatic heterocycles. The first-order valence-electron chi connectivity index (χ1n) is 26.6. The molecule has 0 bridgehead atoms. The Morgan fingerprint density at radius 2 is 0.691 bits per heavy atom. The fraction of sp³-hybridized carbons (Fsp3) is 0.152. The third kappa shape index (κ3) is 11.9. The lowest BCUT2D eigenvalue weighted by molar-refractivity contribution is 0.626. The predicted octanol–water partition coefficient (Wildman–Crippen LogP) is 13.9. The predicted molar refractivity (Wildman–Crippen MR) is 323 cm³/mol. The molecule has 12 aromatic rings. The van der Waals surface area contributed by atoms with Crippen LogP contribution in [0.5, 0.6) is 0 Å². The van der Waals surface area contributed by atoms with Gasteiger partial charge in [-0.25, -0.2) is 28.7 Å². The van der Waals surface area contributed by atoms with Gasteiger partial charge in [0, 0.05) is 48.4 Å². The summed E-state index contributed by atoms with van der Waals surface area (Å²) in [4.78, 5) is 68.3. The molecule has 0 saturated heterocycles. The summed E-state index contributed by atoms with van der Waals surface area (Å²) in [6.45, 7) is 14.0. The highest BCUT2D eigenvalue weighted by Gasteiger charge is 2.17. The molecule has 0 N–H and O–H groups in total. The van der Waals surface area contributed by atoms with E-state index in [0.717, 1.165) is 49.7 Å². The monoisotopic (exact) mass is 1100 g/mol. The largest absolute Gasteiger partial charge is 0.305 e. The number of nitrogens with zero attached hydrogens (tertiary/aromatic N) is 8. The molecule has 12 rings (SSSR count). The lowest BCUT2D eigenvalue weighted by atomic mass is 10.1. The maximum absolute atomic E-state index is 13.3. The Labute approximate surface area is 470 Å². The molecule has 0 saturated carbocycles. The maximum Gasteiger partial charge on any atom is 0.277 e. The summed E-state index contributed by atoms with van der Waals surface area (Å²) >= 11 is 6.19. The molecule has 0 amide bonds. The number of benzene rings is 8. The summed E-state index contributed by atoms with van der Waals surface area (Å²) in [6.07, 6.45) is 0. The Bertz CT molecular complexity index is 4380. The van der Waals surface area contributed by atoms with Crippen molar-refractivity contribution in [2.24, 2.45) is 0 Å². The average molecular weight is 1100 g/mol. The van der Waals surface area contributed by atoms with Crippen molar-refractivity contribution in [2.75, 3.05) is 0 Å². The van der Waals surface area contributed by atoms with Crippen LogP contribution in [-0.4, -0.2) is 38.2 Å². The fourth-order valence-electron chi connectivity index (χ4n) is 9.62. The van der Waals surface area contributed by atoms with Crippen molar-refractivity contribution in [3.63, 3.8) is 0 Å². The molecule has 4 heterocycles. The van der Waals surface area contributed by atoms with E-state index in [-0.39, 0.29) is 33.9 Å². The first-order chi connectivity index (χ1) is 39.2. The van der Waals surface area contributed by atoms with E-state index in [1.807, 2.05) is 174 Å². The quantitative estimate of drug-likeness (QED) is 0.147. The van der Waals surface area contributed by atoms with E-state index >= 15 is 0 Å². The number of fused-ring (bicyclic) bond motifs is 4. The van der Waals surface area contributed by atoms with Crippen LogP contribution in [0.2, 0.25) is 5.02 Å². The van der Waals surface area contributed by atoms with Crippen LogP contribution in [0.3, 0.4) is 0 Å². The summed E-state index contributed by atoms with van der Waals surface area (Å²) in [5, 5.41) is 0.537. The molecular formula is C66H57ClF2N8O4. The van der Waals surface area contributed by atoms with Crippen LogP contribution in [0.25, 0.3) is 89.2 Å². The van der Waals surface area contributed by atoms with Gasteiger partial charge in [0.05, 0.1) is 49.2 Å². The second-order valence-corrected chi connectivity index (χ2v) is 19.2. The van der Waals surface area contributed by atoms with Crippen molar-refractivity contribution in [1.82, 2.24) is 38.2 Å². The molecule has 81 heavy (non-hydrogen) atoms. The van der Waals surface area contributed by atoms with Gasteiger partial charge in [0.2, 0.25) is 0 Å². The van der Waals surface area contributed by atoms with E-state index in [2.05, 4.69) is 19.9 Å². The molecule has 406 valence electrons. The van der Waals surface area contributed by atoms with Crippen LogP contribution in [0.15, 0.2) is 207 Å². The first-order valence-corrected chi connectivity index (χ1v) is 26.9. The van der Waals surface area contributed by atoms with Gasteiger partial charge < -0.3 is 18.3 Å². The lowest BCUT2D eigenvalue weighted by Gasteiger charge is -2.11. The highest BCUT2D eigenvalue weighted by Crippen LogP contribution is 2.26. The zero-order valence-electron chi connectivity index (χ0n) is 45.6. The van der Waals surface area contributed by atoms with E-state index < -0.39 is 0 Å². The van der Waals surface area contributed by atoms with Crippen LogP contribution in [0.4, 0.5) is 8.78 Å². The molecule has 15 heteroatoms. The summed E-state index contributed by atoms with van der Waals surface area (Å²) < 4.78 is 33.1. The van der Waals surface area contributed by atoms with Crippen LogP contribution in [0, 0.1) is 25.5 Å². The molecule has 0 atom stereocenters. The summed E-state index contributed by atoms with van der Waals surface area (Å²) in [6, 6.07) is 55.8. The van der Waals surface area contributed by atoms with E-state index in [0.29, 0.717) is 76.2 Å². The molecule has 0 fully saturated rings. The van der Waals surface area contributed by atoms with E-state index in [1.54, 1.807) is 49.5 Å². The molecule has 0 unspecified atom stereocenters. The van der Waals surface area contributed by atoms with Crippen molar-refractivity contribution in [1.29, 1.82) is 0 Å². The number of hydrogen-bond donors (Lipinski definition) is 0. The van der Waals surface area contributed by atoms with Gasteiger partial charge in [-0.2, -0.15) is 0 Å². The van der Waals surface area contributed by atoms with Crippen LogP contribution in [-0.2, 0) is 26.2 Å². The highest BCUT2D eigenvalue weighted by atomic mass is 35.5. The number of halogens is 3. The first kappa shape index (κ1) is 56.2. The van der Waals surface area contributed by atoms with E-state index in [4.69, 9.17) is 11.6 Å². The molecule has 12 nitrogen and oxygen atoms in total. The summed E-state index contributed by atoms with van der Waals surface area (Å²) in [5.41, 5.74) is 12.4. The second kappa shape index (κ2) is 25.1. The second-order valence-electron chi connectivity index (χ2n) is 18.8. The van der Waals surface area contributed by atoms with E-state index in [9.17, 15) is 28.0 Å². The lowest BCUT2D eigenvalue weighted by Crippen LogP contribution is -2.23. The number of para-hydroxylation sites is 8. The molecular weight excluding hydrogens is 1040 g/mol. The molecule has 0 aliphatic carbocycles. The minimum Gasteiger partial charge on any atom is -0.305 e. The summed E-state index contributed by atoms with van der Waals surface area (Å²) in [5.74, 6) is -0.641. The van der Waals surface area contributed by atoms with Gasteiger partial charge in [-0.1, -0.05) is 108 Å². The Morgan fingerprint density at radius 1 is 0.370 bits per heavy atom. The third-order valence-electron chi connectivity index (χ3n) is 13.7. The van der Waals surface area contributed by atoms with Gasteiger partial charge in [0.15, 0.2) is 0 Å². The number of aryl methyl sites for hydroxylation is 6. The van der Waals surface area contributed by atoms with Gasteiger partial charge >= 0.3 is 0 Å². The molecule has 8 aromatic carbocycles. The minimum absolute atomic E-state index is 0.0324. The van der Waals surface area contributed by atoms with Gasteiger partial charge in [-0.05, 0) is 144 Å². The van der Waals surface area contributed by atoms with Gasteiger partial charge in [0.25, 0.3) is 22.2 Å². The molecule has 0 aliphatic heterocycles. The number of hydrogen-bond acceptors (Lipinski definition) is 8. The SMILES string of the molecule is CCn1c(=O)c(-c2ccc(C)cc2)nc2ccccc21.CCn1c(=O)c(-c2ccc(F)cc2)nc2ccccc21.CCn1c(=O)c(-c2ccc(F)cc2C)nc2ccccc21.CCn1c(=O)c(-c2ccccc2Cl)nc2ccccc21. The van der Waals surface area contributed by atoms with Crippen molar-refractivity contribution < 1.29 is 8.78 Å². The van der Waals surface area contributed by atoms with Crippen molar-refractivity contribution in [3.8, 4) is 45.0 Å². The van der Waals surface area contributed by atoms with Gasteiger partial charge in [-0.3, -0.25) is 19.2 Å². The van der Waals surface area contributed by atoms with Crippen molar-refractivity contribution >= 4 is 55.7 Å². The van der Waals surface area contributed by atoms with Gasteiger partial charge in [0.1, 0.15) is 34.4 Å². The number of aromatic nitrogens is 8. The Balaban J connectivity index is 0.000000130. The van der Waals surface area contributed by atoms with Crippen LogP contribution >= 0.6 is 11.6 Å². The Kier molecular flexibility index (Phi) is 17.4. The zero-order valence-corrected chi connectivity index (χ0v) is 46.3. The normalized spacial score (nSPS) is 10.9. The molecule has 0 aliphatic rings. The molecule has 0 spiro atoms. The van der Waals surface area contributed by atoms with Crippen LogP contribution < -0.4 is 22.2 Å².